The van der Waals surface area contributed by atoms with Gasteiger partial charge in [-0.1, -0.05) is 0 Å². The highest BCUT2D eigenvalue weighted by molar-refractivity contribution is 5.76. The van der Waals surface area contributed by atoms with Crippen LogP contribution in [-0.4, -0.2) is 37.1 Å². The van der Waals surface area contributed by atoms with E-state index in [0.717, 1.165) is 25.9 Å². The van der Waals surface area contributed by atoms with Gasteiger partial charge in [0.15, 0.2) is 0 Å². The molecule has 1 aliphatic rings. The normalized spacial score (nSPS) is 21.1. The molecule has 1 rings (SSSR count). The second-order valence-electron chi connectivity index (χ2n) is 3.21. The first-order valence-electron chi connectivity index (χ1n) is 4.31. The van der Waals surface area contributed by atoms with Crippen molar-refractivity contribution in [3.8, 4) is 0 Å². The van der Waals surface area contributed by atoms with Crippen LogP contribution in [0.15, 0.2) is 0 Å². The molecule has 0 aromatic rings. The summed E-state index contributed by atoms with van der Waals surface area (Å²) in [6.45, 7) is 1.79. The van der Waals surface area contributed by atoms with Crippen molar-refractivity contribution in [2.45, 2.75) is 12.8 Å². The zero-order valence-corrected chi connectivity index (χ0v) is 7.13. The Bertz CT molecular complexity index is 155. The van der Waals surface area contributed by atoms with E-state index < -0.39 is 0 Å². The maximum absolute atomic E-state index is 11.9. The van der Waals surface area contributed by atoms with E-state index in [0.29, 0.717) is 6.54 Å². The van der Waals surface area contributed by atoms with Crippen LogP contribution in [0.25, 0.3) is 0 Å². The lowest BCUT2D eigenvalue weighted by Crippen LogP contribution is -2.39. The summed E-state index contributed by atoms with van der Waals surface area (Å²) in [4.78, 5) is 12.8. The lowest BCUT2D eigenvalue weighted by atomic mass is 9.96. The minimum atomic E-state index is -0.304. The van der Waals surface area contributed by atoms with Crippen LogP contribution in [-0.2, 0) is 4.79 Å². The van der Waals surface area contributed by atoms with Crippen LogP contribution >= 0.6 is 0 Å². The van der Waals surface area contributed by atoms with Crippen molar-refractivity contribution in [1.29, 1.82) is 0 Å². The summed E-state index contributed by atoms with van der Waals surface area (Å²) in [6, 6.07) is 0. The molecular weight excluding hydrogens is 159 g/mol. The summed E-state index contributed by atoms with van der Waals surface area (Å²) < 4.78 is 11.9. The Morgan fingerprint density at radius 2 is 2.08 bits per heavy atom. The van der Waals surface area contributed by atoms with Crippen molar-refractivity contribution in [3.63, 3.8) is 0 Å². The Balaban J connectivity index is 2.25. The first kappa shape index (κ1) is 9.45. The van der Waals surface area contributed by atoms with E-state index in [1.54, 1.807) is 0 Å². The molecule has 0 aromatic heterocycles. The van der Waals surface area contributed by atoms with Gasteiger partial charge in [-0.3, -0.25) is 4.79 Å². The van der Waals surface area contributed by atoms with Gasteiger partial charge in [-0.2, -0.15) is 0 Å². The first-order chi connectivity index (χ1) is 5.74. The predicted molar refractivity (Wildman–Crippen MR) is 44.3 cm³/mol. The largest absolute Gasteiger partial charge is 0.369 e. The number of hydrogen-bond acceptors (Lipinski definition) is 2. The van der Waals surface area contributed by atoms with E-state index in [9.17, 15) is 9.18 Å². The molecule has 0 aromatic carbocycles. The van der Waals surface area contributed by atoms with Crippen LogP contribution in [0, 0.1) is 5.92 Å². The number of likely N-dealkylation sites (tertiary alicyclic amines) is 1. The van der Waals surface area contributed by atoms with Gasteiger partial charge >= 0.3 is 0 Å². The van der Waals surface area contributed by atoms with Crippen LogP contribution in [0.5, 0.6) is 0 Å². The van der Waals surface area contributed by atoms with Crippen molar-refractivity contribution in [1.82, 2.24) is 4.90 Å². The van der Waals surface area contributed by atoms with E-state index in [1.807, 2.05) is 4.90 Å². The van der Waals surface area contributed by atoms with Gasteiger partial charge in [0.1, 0.15) is 6.67 Å². The SMILES string of the molecule is NC(=O)C1CCN(CCF)CC1. The summed E-state index contributed by atoms with van der Waals surface area (Å²) in [6.07, 6.45) is 1.57. The highest BCUT2D eigenvalue weighted by Gasteiger charge is 2.22. The average Bonchev–Trinajstić information content (AvgIpc) is 2.06. The van der Waals surface area contributed by atoms with E-state index >= 15 is 0 Å². The molecule has 0 radical (unpaired) electrons. The molecule has 12 heavy (non-hydrogen) atoms. The third-order valence-corrected chi connectivity index (χ3v) is 2.39. The second kappa shape index (κ2) is 4.40. The molecule has 0 bridgehead atoms. The number of amides is 1. The molecule has 0 spiro atoms. The molecule has 1 heterocycles. The van der Waals surface area contributed by atoms with Crippen LogP contribution in [0.1, 0.15) is 12.8 Å². The van der Waals surface area contributed by atoms with Crippen molar-refractivity contribution in [2.75, 3.05) is 26.3 Å². The Morgan fingerprint density at radius 3 is 2.50 bits per heavy atom. The summed E-state index contributed by atoms with van der Waals surface area (Å²) in [5, 5.41) is 0. The van der Waals surface area contributed by atoms with Gasteiger partial charge in [-0.25, -0.2) is 4.39 Å². The topological polar surface area (TPSA) is 46.3 Å². The van der Waals surface area contributed by atoms with Gasteiger partial charge in [0, 0.05) is 12.5 Å². The smallest absolute Gasteiger partial charge is 0.220 e. The van der Waals surface area contributed by atoms with Gasteiger partial charge in [0.25, 0.3) is 0 Å². The fourth-order valence-corrected chi connectivity index (χ4v) is 1.56. The lowest BCUT2D eigenvalue weighted by Gasteiger charge is -2.29. The van der Waals surface area contributed by atoms with E-state index in [1.165, 1.54) is 0 Å². The maximum Gasteiger partial charge on any atom is 0.220 e. The van der Waals surface area contributed by atoms with Crippen LogP contribution in [0.3, 0.4) is 0 Å². The second-order valence-corrected chi connectivity index (χ2v) is 3.21. The Labute approximate surface area is 71.7 Å². The number of piperidine rings is 1. The fraction of sp³-hybridized carbons (Fsp3) is 0.875. The molecule has 1 fully saturated rings. The molecule has 4 heteroatoms. The van der Waals surface area contributed by atoms with Gasteiger partial charge in [-0.05, 0) is 25.9 Å². The van der Waals surface area contributed by atoms with Crippen LogP contribution in [0.2, 0.25) is 0 Å². The molecule has 1 aliphatic heterocycles. The van der Waals surface area contributed by atoms with E-state index in [4.69, 9.17) is 5.73 Å². The number of alkyl halides is 1. The van der Waals surface area contributed by atoms with Crippen molar-refractivity contribution >= 4 is 5.91 Å². The van der Waals surface area contributed by atoms with E-state index in [2.05, 4.69) is 0 Å². The molecular formula is C8H15FN2O. The Hall–Kier alpha value is -0.640. The number of nitrogens with zero attached hydrogens (tertiary/aromatic N) is 1. The Kier molecular flexibility index (Phi) is 3.47. The summed E-state index contributed by atoms with van der Waals surface area (Å²) in [5.41, 5.74) is 5.16. The molecule has 0 aliphatic carbocycles. The number of hydrogen-bond donors (Lipinski definition) is 1. The minimum absolute atomic E-state index is 0.0147. The molecule has 0 saturated carbocycles. The molecule has 3 nitrogen and oxygen atoms in total. The van der Waals surface area contributed by atoms with Gasteiger partial charge in [-0.15, -0.1) is 0 Å². The third kappa shape index (κ3) is 2.44. The summed E-state index contributed by atoms with van der Waals surface area (Å²) in [5.74, 6) is -0.198. The zero-order chi connectivity index (χ0) is 8.97. The molecule has 2 N–H and O–H groups in total. The molecule has 1 amide bonds. The van der Waals surface area contributed by atoms with Crippen molar-refractivity contribution in [3.05, 3.63) is 0 Å². The zero-order valence-electron chi connectivity index (χ0n) is 7.13. The summed E-state index contributed by atoms with van der Waals surface area (Å²) >= 11 is 0. The number of rotatable bonds is 3. The number of nitrogens with two attached hydrogens (primary N) is 1. The van der Waals surface area contributed by atoms with Gasteiger partial charge in [0.2, 0.25) is 5.91 Å². The first-order valence-corrected chi connectivity index (χ1v) is 4.31. The lowest BCUT2D eigenvalue weighted by molar-refractivity contribution is -0.123. The number of halogens is 1. The molecule has 0 atom stereocenters. The predicted octanol–water partition coefficient (Wildman–Crippen LogP) is 0.153. The quantitative estimate of drug-likeness (QED) is 0.662. The molecule has 1 saturated heterocycles. The minimum Gasteiger partial charge on any atom is -0.369 e. The van der Waals surface area contributed by atoms with Crippen LogP contribution in [0.4, 0.5) is 4.39 Å². The van der Waals surface area contributed by atoms with Crippen LogP contribution < -0.4 is 5.73 Å². The van der Waals surface area contributed by atoms with Gasteiger partial charge < -0.3 is 10.6 Å². The monoisotopic (exact) mass is 174 g/mol. The molecule has 70 valence electrons. The van der Waals surface area contributed by atoms with Gasteiger partial charge in [0.05, 0.1) is 0 Å². The Morgan fingerprint density at radius 1 is 1.50 bits per heavy atom. The number of primary amides is 1. The van der Waals surface area contributed by atoms with Crippen molar-refractivity contribution < 1.29 is 9.18 Å². The highest BCUT2D eigenvalue weighted by Crippen LogP contribution is 2.15. The average molecular weight is 174 g/mol. The number of carbonyl (C=O) groups excluding carboxylic acids is 1. The highest BCUT2D eigenvalue weighted by atomic mass is 19.1. The van der Waals surface area contributed by atoms with E-state index in [-0.39, 0.29) is 18.5 Å². The van der Waals surface area contributed by atoms with Crippen molar-refractivity contribution in [2.24, 2.45) is 11.7 Å². The summed E-state index contributed by atoms with van der Waals surface area (Å²) in [7, 11) is 0. The standard InChI is InChI=1S/C8H15FN2O/c9-3-6-11-4-1-7(2-5-11)8(10)12/h7H,1-6H2,(H2,10,12). The number of carbonyl (C=O) groups is 1. The fourth-order valence-electron chi connectivity index (χ4n) is 1.56. The third-order valence-electron chi connectivity index (χ3n) is 2.39. The molecule has 0 unspecified atom stereocenters. The maximum atomic E-state index is 11.9.